The van der Waals surface area contributed by atoms with Crippen molar-refractivity contribution >= 4 is 18.6 Å². The number of carbonyl (C=O) groups excluding carboxylic acids is 1. The van der Waals surface area contributed by atoms with Crippen LogP contribution in [0.1, 0.15) is 10.5 Å². The molecule has 0 spiro atoms. The highest BCUT2D eigenvalue weighted by molar-refractivity contribution is 6.59. The van der Waals surface area contributed by atoms with E-state index in [-0.39, 0.29) is 17.0 Å². The summed E-state index contributed by atoms with van der Waals surface area (Å²) >= 11 is 0. The van der Waals surface area contributed by atoms with Crippen LogP contribution in [0, 0.1) is 0 Å². The Bertz CT molecular complexity index is 368. The van der Waals surface area contributed by atoms with Gasteiger partial charge in [-0.1, -0.05) is 6.07 Å². The number of esters is 1. The molecule has 0 atom stereocenters. The van der Waals surface area contributed by atoms with Crippen LogP contribution in [0.25, 0.3) is 0 Å². The lowest BCUT2D eigenvalue weighted by Crippen LogP contribution is -2.32. The topological polar surface area (TPSA) is 88.9 Å². The monoisotopic (exact) mass is 211 g/mol. The fourth-order valence-corrected chi connectivity index (χ4v) is 1.03. The van der Waals surface area contributed by atoms with Crippen LogP contribution in [0.15, 0.2) is 12.1 Å². The minimum Gasteiger partial charge on any atom is -0.481 e. The SMILES string of the molecule is COC(=O)c1ccc(B(O)O)c(OC)n1. The van der Waals surface area contributed by atoms with Crippen LogP contribution in [0.5, 0.6) is 5.88 Å². The minimum atomic E-state index is -1.70. The Hall–Kier alpha value is -1.60. The molecule has 0 aliphatic carbocycles. The highest BCUT2D eigenvalue weighted by Gasteiger charge is 2.20. The lowest BCUT2D eigenvalue weighted by molar-refractivity contribution is 0.0593. The van der Waals surface area contributed by atoms with Gasteiger partial charge < -0.3 is 19.5 Å². The third kappa shape index (κ3) is 2.45. The van der Waals surface area contributed by atoms with Gasteiger partial charge in [0, 0.05) is 5.46 Å². The second-order valence-electron chi connectivity index (χ2n) is 2.66. The van der Waals surface area contributed by atoms with Crippen molar-refractivity contribution in [3.8, 4) is 5.88 Å². The molecule has 0 saturated carbocycles. The van der Waals surface area contributed by atoms with E-state index in [1.807, 2.05) is 0 Å². The third-order valence-electron chi connectivity index (χ3n) is 1.76. The Balaban J connectivity index is 3.13. The number of aromatic nitrogens is 1. The Morgan fingerprint density at radius 3 is 2.53 bits per heavy atom. The van der Waals surface area contributed by atoms with Crippen molar-refractivity contribution in [1.29, 1.82) is 0 Å². The van der Waals surface area contributed by atoms with Crippen molar-refractivity contribution in [3.05, 3.63) is 17.8 Å². The molecule has 80 valence electrons. The van der Waals surface area contributed by atoms with Gasteiger partial charge in [0.15, 0.2) is 5.69 Å². The van der Waals surface area contributed by atoms with Gasteiger partial charge in [-0.05, 0) is 6.07 Å². The Labute approximate surface area is 86.6 Å². The van der Waals surface area contributed by atoms with Gasteiger partial charge in [0.25, 0.3) is 0 Å². The summed E-state index contributed by atoms with van der Waals surface area (Å²) < 4.78 is 9.26. The van der Waals surface area contributed by atoms with Crippen LogP contribution in [-0.2, 0) is 4.74 Å². The van der Waals surface area contributed by atoms with Crippen LogP contribution in [0.4, 0.5) is 0 Å². The maximum Gasteiger partial charge on any atom is 0.494 e. The average Bonchev–Trinajstić information content (AvgIpc) is 2.26. The molecule has 0 aliphatic rings. The van der Waals surface area contributed by atoms with Gasteiger partial charge in [0.2, 0.25) is 5.88 Å². The fourth-order valence-electron chi connectivity index (χ4n) is 1.03. The number of ether oxygens (including phenoxy) is 2. The maximum atomic E-state index is 11.1. The molecule has 6 nitrogen and oxygen atoms in total. The molecule has 0 unspecified atom stereocenters. The van der Waals surface area contributed by atoms with E-state index in [9.17, 15) is 4.79 Å². The summed E-state index contributed by atoms with van der Waals surface area (Å²) in [5.41, 5.74) is 0.129. The molecule has 1 aromatic heterocycles. The molecule has 0 radical (unpaired) electrons. The van der Waals surface area contributed by atoms with Gasteiger partial charge in [0.1, 0.15) is 0 Å². The van der Waals surface area contributed by atoms with E-state index in [1.165, 1.54) is 26.4 Å². The Morgan fingerprint density at radius 2 is 2.07 bits per heavy atom. The summed E-state index contributed by atoms with van der Waals surface area (Å²) in [5, 5.41) is 17.9. The molecule has 15 heavy (non-hydrogen) atoms. The molecular weight excluding hydrogens is 201 g/mol. The van der Waals surface area contributed by atoms with Gasteiger partial charge >= 0.3 is 13.1 Å². The number of rotatable bonds is 3. The van der Waals surface area contributed by atoms with Crippen molar-refractivity contribution in [1.82, 2.24) is 4.98 Å². The zero-order chi connectivity index (χ0) is 11.4. The van der Waals surface area contributed by atoms with Crippen molar-refractivity contribution < 1.29 is 24.3 Å². The molecule has 0 aliphatic heterocycles. The number of hydrogen-bond acceptors (Lipinski definition) is 6. The second kappa shape index (κ2) is 4.76. The van der Waals surface area contributed by atoms with Crippen LogP contribution in [0.2, 0.25) is 0 Å². The van der Waals surface area contributed by atoms with Crippen molar-refractivity contribution in [2.75, 3.05) is 14.2 Å². The number of pyridine rings is 1. The standard InChI is InChI=1S/C8H10BNO5/c1-14-7-5(9(12)13)3-4-6(10-7)8(11)15-2/h3-4,12-13H,1-2H3. The van der Waals surface area contributed by atoms with Gasteiger partial charge in [-0.15, -0.1) is 0 Å². The highest BCUT2D eigenvalue weighted by Crippen LogP contribution is 2.06. The van der Waals surface area contributed by atoms with Crippen molar-refractivity contribution in [3.63, 3.8) is 0 Å². The highest BCUT2D eigenvalue weighted by atomic mass is 16.5. The smallest absolute Gasteiger partial charge is 0.481 e. The summed E-state index contributed by atoms with van der Waals surface area (Å²) in [6.45, 7) is 0. The van der Waals surface area contributed by atoms with Gasteiger partial charge in [-0.2, -0.15) is 0 Å². The van der Waals surface area contributed by atoms with Crippen LogP contribution >= 0.6 is 0 Å². The Morgan fingerprint density at radius 1 is 1.40 bits per heavy atom. The van der Waals surface area contributed by atoms with Crippen LogP contribution < -0.4 is 10.2 Å². The van der Waals surface area contributed by atoms with E-state index < -0.39 is 13.1 Å². The average molecular weight is 211 g/mol. The largest absolute Gasteiger partial charge is 0.494 e. The number of methoxy groups -OCH3 is 2. The fraction of sp³-hybridized carbons (Fsp3) is 0.250. The first-order chi connectivity index (χ1) is 7.10. The maximum absolute atomic E-state index is 11.1. The van der Waals surface area contributed by atoms with E-state index in [1.54, 1.807) is 0 Å². The summed E-state index contributed by atoms with van der Waals surface area (Å²) in [4.78, 5) is 14.9. The van der Waals surface area contributed by atoms with Crippen LogP contribution in [0.3, 0.4) is 0 Å². The van der Waals surface area contributed by atoms with E-state index in [0.717, 1.165) is 0 Å². The van der Waals surface area contributed by atoms with Gasteiger partial charge in [0.05, 0.1) is 14.2 Å². The molecule has 1 rings (SSSR count). The van der Waals surface area contributed by atoms with Crippen molar-refractivity contribution in [2.45, 2.75) is 0 Å². The quantitative estimate of drug-likeness (QED) is 0.470. The molecule has 0 amide bonds. The number of nitrogens with zero attached hydrogens (tertiary/aromatic N) is 1. The first-order valence-corrected chi connectivity index (χ1v) is 4.09. The summed E-state index contributed by atoms with van der Waals surface area (Å²) in [6, 6.07) is 2.66. The van der Waals surface area contributed by atoms with E-state index in [0.29, 0.717) is 0 Å². The molecule has 1 heterocycles. The predicted molar refractivity (Wildman–Crippen MR) is 52.0 cm³/mol. The summed E-state index contributed by atoms with van der Waals surface area (Å²) in [6.07, 6.45) is 0. The first kappa shape index (κ1) is 11.5. The number of carbonyl (C=O) groups is 1. The molecule has 2 N–H and O–H groups in total. The lowest BCUT2D eigenvalue weighted by atomic mass is 9.81. The first-order valence-electron chi connectivity index (χ1n) is 4.09. The second-order valence-corrected chi connectivity index (χ2v) is 2.66. The normalized spacial score (nSPS) is 9.60. The third-order valence-corrected chi connectivity index (χ3v) is 1.76. The molecule has 0 fully saturated rings. The summed E-state index contributed by atoms with van der Waals surface area (Å²) in [7, 11) is 0.847. The van der Waals surface area contributed by atoms with E-state index in [2.05, 4.69) is 9.72 Å². The van der Waals surface area contributed by atoms with E-state index in [4.69, 9.17) is 14.8 Å². The van der Waals surface area contributed by atoms with Gasteiger partial charge in [-0.3, -0.25) is 0 Å². The lowest BCUT2D eigenvalue weighted by Gasteiger charge is -2.07. The van der Waals surface area contributed by atoms with Crippen LogP contribution in [-0.4, -0.2) is 42.3 Å². The Kier molecular flexibility index (Phi) is 3.65. The minimum absolute atomic E-state index is 0.0205. The van der Waals surface area contributed by atoms with Gasteiger partial charge in [-0.25, -0.2) is 9.78 Å². The zero-order valence-corrected chi connectivity index (χ0v) is 8.30. The predicted octanol–water partition coefficient (Wildman–Crippen LogP) is -1.44. The molecule has 0 saturated heterocycles. The van der Waals surface area contributed by atoms with E-state index >= 15 is 0 Å². The molecule has 1 aromatic rings. The number of hydrogen-bond donors (Lipinski definition) is 2. The molecular formula is C8H10BNO5. The molecule has 0 bridgehead atoms. The zero-order valence-electron chi connectivity index (χ0n) is 8.30. The molecule has 0 aromatic carbocycles. The molecule has 7 heteroatoms. The van der Waals surface area contributed by atoms with Crippen molar-refractivity contribution in [2.24, 2.45) is 0 Å². The summed E-state index contributed by atoms with van der Waals surface area (Å²) in [5.74, 6) is -0.639.